The number of carbonyl (C=O) groups excluding carboxylic acids is 1. The molecule has 0 fully saturated rings. The lowest BCUT2D eigenvalue weighted by atomic mass is 10.1. The topological polar surface area (TPSA) is 42.0 Å². The Kier molecular flexibility index (Phi) is 10.2. The average Bonchev–Trinajstić information content (AvgIpc) is 3.18. The molecule has 5 nitrogen and oxygen atoms in total. The first-order valence-electron chi connectivity index (χ1n) is 9.58. The van der Waals surface area contributed by atoms with Gasteiger partial charge in [-0.2, -0.15) is 0 Å². The molecule has 2 aromatic carbocycles. The number of Topliss-reactive ketones (excluding diaryl/α,β-unsaturated/α-hetero) is 1. The molecule has 0 spiro atoms. The van der Waals surface area contributed by atoms with Gasteiger partial charge in [-0.3, -0.25) is 4.79 Å². The zero-order chi connectivity index (χ0) is 21.3. The SMILES string of the molecule is C=CCOC(CN1C=CN(CC(=O)COc2ccc(Cl)cc2)C1)c1ccccc1Cl.Cl. The number of nitrogens with zero attached hydrogens (tertiary/aromatic N) is 2. The minimum Gasteiger partial charge on any atom is -0.486 e. The van der Waals surface area contributed by atoms with Crippen molar-refractivity contribution in [1.82, 2.24) is 9.80 Å². The molecule has 0 bridgehead atoms. The monoisotopic (exact) mass is 482 g/mol. The Bertz CT molecular complexity index is 890. The third-order valence-corrected chi connectivity index (χ3v) is 5.11. The summed E-state index contributed by atoms with van der Waals surface area (Å²) < 4.78 is 11.5. The maximum absolute atomic E-state index is 12.3. The van der Waals surface area contributed by atoms with E-state index in [4.69, 9.17) is 32.7 Å². The summed E-state index contributed by atoms with van der Waals surface area (Å²) in [6.45, 7) is 5.63. The van der Waals surface area contributed by atoms with Crippen LogP contribution in [0.2, 0.25) is 10.0 Å². The van der Waals surface area contributed by atoms with Gasteiger partial charge in [0, 0.05) is 34.6 Å². The van der Waals surface area contributed by atoms with Gasteiger partial charge in [-0.1, -0.05) is 47.5 Å². The Morgan fingerprint density at radius 2 is 1.81 bits per heavy atom. The zero-order valence-corrected chi connectivity index (χ0v) is 19.3. The summed E-state index contributed by atoms with van der Waals surface area (Å²) in [5, 5.41) is 1.30. The third kappa shape index (κ3) is 7.78. The van der Waals surface area contributed by atoms with E-state index in [1.807, 2.05) is 41.6 Å². The van der Waals surface area contributed by atoms with Gasteiger partial charge in [0.1, 0.15) is 18.5 Å². The van der Waals surface area contributed by atoms with E-state index in [9.17, 15) is 4.79 Å². The van der Waals surface area contributed by atoms with E-state index in [2.05, 4.69) is 11.5 Å². The van der Waals surface area contributed by atoms with Crippen molar-refractivity contribution in [3.63, 3.8) is 0 Å². The molecule has 0 radical (unpaired) electrons. The molecule has 2 aromatic rings. The molecule has 0 N–H and O–H groups in total. The van der Waals surface area contributed by atoms with Crippen LogP contribution in [0, 0.1) is 0 Å². The van der Waals surface area contributed by atoms with Crippen molar-refractivity contribution in [1.29, 1.82) is 0 Å². The molecule has 1 aliphatic rings. The van der Waals surface area contributed by atoms with Crippen LogP contribution in [-0.2, 0) is 9.53 Å². The molecule has 1 heterocycles. The zero-order valence-electron chi connectivity index (χ0n) is 17.0. The van der Waals surface area contributed by atoms with Crippen LogP contribution in [0.25, 0.3) is 0 Å². The van der Waals surface area contributed by atoms with Gasteiger partial charge in [0.05, 0.1) is 19.8 Å². The van der Waals surface area contributed by atoms with Gasteiger partial charge in [0.25, 0.3) is 0 Å². The molecular formula is C23H25Cl3N2O3. The standard InChI is InChI=1S/C23H24Cl2N2O3.ClH/c1-2-13-29-23(21-5-3-4-6-22(21)25)15-27-12-11-26(17-27)14-19(28)16-30-20-9-7-18(24)8-10-20;/h2-12,23H,1,13-17H2;1H. The van der Waals surface area contributed by atoms with Gasteiger partial charge in [0.2, 0.25) is 0 Å². The predicted octanol–water partition coefficient (Wildman–Crippen LogP) is 5.35. The van der Waals surface area contributed by atoms with Crippen LogP contribution < -0.4 is 4.74 Å². The smallest absolute Gasteiger partial charge is 0.189 e. The fraction of sp³-hybridized carbons (Fsp3) is 0.261. The van der Waals surface area contributed by atoms with Crippen LogP contribution in [0.4, 0.5) is 0 Å². The van der Waals surface area contributed by atoms with E-state index in [-0.39, 0.29) is 37.4 Å². The average molecular weight is 484 g/mol. The quantitative estimate of drug-likeness (QED) is 0.403. The molecule has 0 aliphatic carbocycles. The molecular weight excluding hydrogens is 459 g/mol. The van der Waals surface area contributed by atoms with Crippen LogP contribution >= 0.6 is 35.6 Å². The molecule has 31 heavy (non-hydrogen) atoms. The molecule has 0 saturated heterocycles. The first kappa shape index (κ1) is 25.1. The fourth-order valence-electron chi connectivity index (χ4n) is 3.08. The van der Waals surface area contributed by atoms with Gasteiger partial charge < -0.3 is 19.3 Å². The van der Waals surface area contributed by atoms with Crippen molar-refractivity contribution >= 4 is 41.4 Å². The molecule has 8 heteroatoms. The van der Waals surface area contributed by atoms with Crippen molar-refractivity contribution in [2.45, 2.75) is 6.10 Å². The second-order valence-electron chi connectivity index (χ2n) is 6.87. The summed E-state index contributed by atoms with van der Waals surface area (Å²) in [5.74, 6) is 0.607. The lowest BCUT2D eigenvalue weighted by Gasteiger charge is -2.26. The summed E-state index contributed by atoms with van der Waals surface area (Å²) in [6.07, 6.45) is 5.37. The van der Waals surface area contributed by atoms with Crippen molar-refractivity contribution in [3.8, 4) is 5.75 Å². The highest BCUT2D eigenvalue weighted by atomic mass is 35.5. The Balaban J connectivity index is 0.00000341. The van der Waals surface area contributed by atoms with E-state index >= 15 is 0 Å². The Morgan fingerprint density at radius 1 is 1.10 bits per heavy atom. The summed E-state index contributed by atoms with van der Waals surface area (Å²) >= 11 is 12.2. The third-order valence-electron chi connectivity index (χ3n) is 4.51. The molecule has 0 aromatic heterocycles. The number of benzene rings is 2. The molecule has 0 amide bonds. The number of halogens is 3. The van der Waals surface area contributed by atoms with Crippen LogP contribution in [0.15, 0.2) is 73.6 Å². The lowest BCUT2D eigenvalue weighted by molar-refractivity contribution is -0.121. The normalized spacial score (nSPS) is 13.6. The van der Waals surface area contributed by atoms with Gasteiger partial charge in [-0.15, -0.1) is 19.0 Å². The summed E-state index contributed by atoms with van der Waals surface area (Å²) in [7, 11) is 0. The van der Waals surface area contributed by atoms with E-state index in [0.717, 1.165) is 5.56 Å². The fourth-order valence-corrected chi connectivity index (χ4v) is 3.46. The van der Waals surface area contributed by atoms with Gasteiger partial charge in [-0.05, 0) is 30.3 Å². The maximum atomic E-state index is 12.3. The number of hydrogen-bond acceptors (Lipinski definition) is 5. The van der Waals surface area contributed by atoms with Crippen LogP contribution in [0.1, 0.15) is 11.7 Å². The highest BCUT2D eigenvalue weighted by Crippen LogP contribution is 2.27. The highest BCUT2D eigenvalue weighted by Gasteiger charge is 2.22. The minimum atomic E-state index is -0.203. The van der Waals surface area contributed by atoms with Crippen molar-refractivity contribution in [2.24, 2.45) is 0 Å². The van der Waals surface area contributed by atoms with Gasteiger partial charge in [0.15, 0.2) is 5.78 Å². The first-order chi connectivity index (χ1) is 14.5. The van der Waals surface area contributed by atoms with Crippen LogP contribution in [0.3, 0.4) is 0 Å². The number of carbonyl (C=O) groups is 1. The second-order valence-corrected chi connectivity index (χ2v) is 7.71. The number of ether oxygens (including phenoxy) is 2. The minimum absolute atomic E-state index is 0. The second kappa shape index (κ2) is 12.6. The maximum Gasteiger partial charge on any atom is 0.189 e. The first-order valence-corrected chi connectivity index (χ1v) is 10.3. The number of hydrogen-bond donors (Lipinski definition) is 0. The van der Waals surface area contributed by atoms with E-state index < -0.39 is 0 Å². The number of rotatable bonds is 11. The molecule has 166 valence electrons. The molecule has 0 saturated carbocycles. The van der Waals surface area contributed by atoms with Gasteiger partial charge >= 0.3 is 0 Å². The van der Waals surface area contributed by atoms with Crippen molar-refractivity contribution < 1.29 is 14.3 Å². The Morgan fingerprint density at radius 3 is 2.52 bits per heavy atom. The largest absolute Gasteiger partial charge is 0.486 e. The summed E-state index contributed by atoms with van der Waals surface area (Å²) in [5.41, 5.74) is 0.931. The molecule has 1 unspecified atom stereocenters. The van der Waals surface area contributed by atoms with Crippen molar-refractivity contribution in [2.75, 3.05) is 33.0 Å². The molecule has 3 rings (SSSR count). The van der Waals surface area contributed by atoms with E-state index in [0.29, 0.717) is 35.6 Å². The predicted molar refractivity (Wildman–Crippen MR) is 127 cm³/mol. The van der Waals surface area contributed by atoms with Crippen molar-refractivity contribution in [3.05, 3.63) is 89.2 Å². The van der Waals surface area contributed by atoms with Crippen LogP contribution in [-0.4, -0.2) is 48.6 Å². The molecule has 1 aliphatic heterocycles. The number of ketones is 1. The lowest BCUT2D eigenvalue weighted by Crippen LogP contribution is -2.33. The van der Waals surface area contributed by atoms with Gasteiger partial charge in [-0.25, -0.2) is 0 Å². The van der Waals surface area contributed by atoms with E-state index in [1.54, 1.807) is 30.3 Å². The highest BCUT2D eigenvalue weighted by molar-refractivity contribution is 6.31. The summed E-state index contributed by atoms with van der Waals surface area (Å²) in [4.78, 5) is 16.3. The summed E-state index contributed by atoms with van der Waals surface area (Å²) in [6, 6.07) is 14.6. The Labute approximate surface area is 199 Å². The van der Waals surface area contributed by atoms with E-state index in [1.165, 1.54) is 0 Å². The molecule has 1 atom stereocenters. The van der Waals surface area contributed by atoms with Crippen LogP contribution in [0.5, 0.6) is 5.75 Å². The Hall–Kier alpha value is -2.18.